The van der Waals surface area contributed by atoms with Crippen molar-refractivity contribution in [3.05, 3.63) is 35.1 Å². The van der Waals surface area contributed by atoms with Crippen LogP contribution in [0, 0.1) is 0 Å². The van der Waals surface area contributed by atoms with E-state index < -0.39 is 0 Å². The fourth-order valence-electron chi connectivity index (χ4n) is 3.96. The molecule has 9 nitrogen and oxygen atoms in total. The Balaban J connectivity index is 1.52. The maximum atomic E-state index is 5.86. The first-order chi connectivity index (χ1) is 14.7. The zero-order valence-electron chi connectivity index (χ0n) is 17.3. The van der Waals surface area contributed by atoms with Crippen molar-refractivity contribution in [1.29, 1.82) is 0 Å². The number of imidazole rings is 1. The topological polar surface area (TPSA) is 103 Å². The molecule has 9 heteroatoms. The Labute approximate surface area is 174 Å². The highest BCUT2D eigenvalue weighted by atomic mass is 16.5. The van der Waals surface area contributed by atoms with Gasteiger partial charge in [-0.15, -0.1) is 0 Å². The standard InChI is InChI=1S/C21H26N8O/c1-13(2)30-20-18-19(25-12-24-18)27-21(28-20)26-14-3-4-16-15(11-14)17(5-6-23-16)29-9-7-22-8-10-29/h3-4,11-13,22H,5-10H2,1-2H3,(H2,24,25,26,27,28). The van der Waals surface area contributed by atoms with Crippen LogP contribution in [0.5, 0.6) is 5.88 Å². The molecule has 0 atom stereocenters. The number of benzene rings is 1. The summed E-state index contributed by atoms with van der Waals surface area (Å²) in [5.74, 6) is 0.956. The van der Waals surface area contributed by atoms with E-state index in [0.717, 1.165) is 50.2 Å². The van der Waals surface area contributed by atoms with E-state index in [4.69, 9.17) is 9.73 Å². The molecule has 2 aliphatic rings. The van der Waals surface area contributed by atoms with Gasteiger partial charge in [-0.1, -0.05) is 0 Å². The van der Waals surface area contributed by atoms with Crippen LogP contribution in [0.25, 0.3) is 16.9 Å². The fourth-order valence-corrected chi connectivity index (χ4v) is 3.96. The number of H-pyrrole nitrogens is 1. The monoisotopic (exact) mass is 406 g/mol. The van der Waals surface area contributed by atoms with E-state index in [1.165, 1.54) is 10.9 Å². The Bertz CT molecular complexity index is 1180. The summed E-state index contributed by atoms with van der Waals surface area (Å²) in [6.07, 6.45) is 2.57. The number of aromatic amines is 1. The van der Waals surface area contributed by atoms with Gasteiger partial charge in [0.2, 0.25) is 11.8 Å². The number of hydrogen-bond acceptors (Lipinski definition) is 8. The van der Waals surface area contributed by atoms with Crippen LogP contribution in [-0.2, 0) is 0 Å². The van der Waals surface area contributed by atoms with Crippen molar-refractivity contribution >= 4 is 28.5 Å². The third-order valence-corrected chi connectivity index (χ3v) is 5.29. The van der Waals surface area contributed by atoms with Gasteiger partial charge in [-0.25, -0.2) is 4.98 Å². The molecule has 30 heavy (non-hydrogen) atoms. The van der Waals surface area contributed by atoms with Crippen LogP contribution in [0.2, 0.25) is 0 Å². The number of anilines is 2. The van der Waals surface area contributed by atoms with Crippen molar-refractivity contribution in [2.45, 2.75) is 26.4 Å². The van der Waals surface area contributed by atoms with E-state index in [9.17, 15) is 0 Å². The van der Waals surface area contributed by atoms with Crippen LogP contribution in [0.1, 0.15) is 20.3 Å². The highest BCUT2D eigenvalue weighted by molar-refractivity contribution is 5.77. The summed E-state index contributed by atoms with van der Waals surface area (Å²) in [6.45, 7) is 8.88. The molecule has 5 rings (SSSR count). The van der Waals surface area contributed by atoms with E-state index in [2.05, 4.69) is 47.6 Å². The maximum Gasteiger partial charge on any atom is 0.245 e. The molecule has 2 aromatic heterocycles. The lowest BCUT2D eigenvalue weighted by Gasteiger charge is -2.32. The molecule has 0 radical (unpaired) electrons. The Kier molecular flexibility index (Phi) is 4.96. The number of rotatable bonds is 5. The number of nitrogens with zero attached hydrogens (tertiary/aromatic N) is 5. The number of fused-ring (bicyclic) bond motifs is 2. The number of aromatic nitrogens is 4. The molecule has 3 aromatic rings. The molecule has 1 aromatic carbocycles. The Morgan fingerprint density at radius 3 is 2.87 bits per heavy atom. The molecule has 2 aliphatic heterocycles. The second-order valence-electron chi connectivity index (χ2n) is 7.79. The summed E-state index contributed by atoms with van der Waals surface area (Å²) < 4.78 is 5.86. The summed E-state index contributed by atoms with van der Waals surface area (Å²) in [6, 6.07) is 6.23. The van der Waals surface area contributed by atoms with Crippen molar-refractivity contribution in [2.24, 2.45) is 4.99 Å². The molecular weight excluding hydrogens is 380 g/mol. The fraction of sp³-hybridized carbons (Fsp3) is 0.429. The Morgan fingerprint density at radius 2 is 2.03 bits per heavy atom. The van der Waals surface area contributed by atoms with Crippen LogP contribution in [-0.4, -0.2) is 63.7 Å². The van der Waals surface area contributed by atoms with Gasteiger partial charge < -0.3 is 25.3 Å². The third-order valence-electron chi connectivity index (χ3n) is 5.29. The van der Waals surface area contributed by atoms with Gasteiger partial charge >= 0.3 is 0 Å². The average molecular weight is 406 g/mol. The molecule has 3 N–H and O–H groups in total. The molecule has 0 aliphatic carbocycles. The quantitative estimate of drug-likeness (QED) is 0.579. The van der Waals surface area contributed by atoms with E-state index >= 15 is 0 Å². The van der Waals surface area contributed by atoms with Gasteiger partial charge in [0.05, 0.1) is 17.8 Å². The van der Waals surface area contributed by atoms with Gasteiger partial charge in [0, 0.05) is 55.7 Å². The second-order valence-corrected chi connectivity index (χ2v) is 7.79. The van der Waals surface area contributed by atoms with Crippen molar-refractivity contribution in [3.63, 3.8) is 0 Å². The zero-order valence-corrected chi connectivity index (χ0v) is 17.3. The predicted octanol–water partition coefficient (Wildman–Crippen LogP) is 0.920. The minimum absolute atomic E-state index is 0.000738. The molecular formula is C21H26N8O. The zero-order chi connectivity index (χ0) is 20.5. The number of hydrogen-bond donors (Lipinski definition) is 3. The number of ether oxygens (including phenoxy) is 1. The first-order valence-electron chi connectivity index (χ1n) is 10.5. The van der Waals surface area contributed by atoms with Crippen molar-refractivity contribution in [2.75, 3.05) is 38.0 Å². The molecule has 0 bridgehead atoms. The van der Waals surface area contributed by atoms with Crippen LogP contribution < -0.4 is 25.9 Å². The van der Waals surface area contributed by atoms with Gasteiger partial charge in [-0.3, -0.25) is 4.99 Å². The molecule has 0 unspecified atom stereocenters. The normalized spacial score (nSPS) is 16.5. The molecule has 4 heterocycles. The lowest BCUT2D eigenvalue weighted by molar-refractivity contribution is 0.235. The maximum absolute atomic E-state index is 5.86. The molecule has 1 saturated heterocycles. The molecule has 0 spiro atoms. The summed E-state index contributed by atoms with van der Waals surface area (Å²) in [7, 11) is 0. The van der Waals surface area contributed by atoms with Crippen LogP contribution in [0.4, 0.5) is 11.6 Å². The average Bonchev–Trinajstić information content (AvgIpc) is 3.22. The van der Waals surface area contributed by atoms with E-state index in [0.29, 0.717) is 23.0 Å². The Morgan fingerprint density at radius 1 is 1.17 bits per heavy atom. The Hall–Kier alpha value is -3.20. The smallest absolute Gasteiger partial charge is 0.245 e. The minimum Gasteiger partial charge on any atom is -0.473 e. The number of nitrogens with one attached hydrogen (secondary N) is 3. The highest BCUT2D eigenvalue weighted by Gasteiger charge is 2.17. The lowest BCUT2D eigenvalue weighted by Crippen LogP contribution is -2.46. The van der Waals surface area contributed by atoms with E-state index in [1.807, 2.05) is 19.9 Å². The van der Waals surface area contributed by atoms with Gasteiger partial charge in [-0.05, 0) is 32.0 Å². The van der Waals surface area contributed by atoms with Gasteiger partial charge in [0.25, 0.3) is 0 Å². The van der Waals surface area contributed by atoms with Crippen LogP contribution >= 0.6 is 0 Å². The van der Waals surface area contributed by atoms with Crippen LogP contribution in [0.3, 0.4) is 0 Å². The summed E-state index contributed by atoms with van der Waals surface area (Å²) in [5, 5.41) is 8.99. The second kappa shape index (κ2) is 7.91. The van der Waals surface area contributed by atoms with Crippen molar-refractivity contribution in [3.8, 4) is 5.88 Å². The summed E-state index contributed by atoms with van der Waals surface area (Å²) >= 11 is 0. The largest absolute Gasteiger partial charge is 0.473 e. The van der Waals surface area contributed by atoms with Crippen molar-refractivity contribution < 1.29 is 4.74 Å². The summed E-state index contributed by atoms with van der Waals surface area (Å²) in [5.41, 5.74) is 3.57. The predicted molar refractivity (Wildman–Crippen MR) is 115 cm³/mol. The highest BCUT2D eigenvalue weighted by Crippen LogP contribution is 2.23. The number of piperazine rings is 1. The van der Waals surface area contributed by atoms with Crippen molar-refractivity contribution in [1.82, 2.24) is 30.2 Å². The van der Waals surface area contributed by atoms with Crippen LogP contribution in [0.15, 0.2) is 29.5 Å². The molecule has 1 fully saturated rings. The first kappa shape index (κ1) is 18.8. The molecule has 156 valence electrons. The third kappa shape index (κ3) is 3.68. The minimum atomic E-state index is 0.000738. The van der Waals surface area contributed by atoms with Gasteiger partial charge in [0.15, 0.2) is 5.65 Å². The molecule has 0 amide bonds. The van der Waals surface area contributed by atoms with E-state index in [-0.39, 0.29) is 6.10 Å². The van der Waals surface area contributed by atoms with Gasteiger partial charge in [-0.2, -0.15) is 9.97 Å². The summed E-state index contributed by atoms with van der Waals surface area (Å²) in [4.78, 5) is 23.6. The molecule has 0 saturated carbocycles. The first-order valence-corrected chi connectivity index (χ1v) is 10.5. The SMILES string of the molecule is CC(C)Oc1nc(Nc2ccc3c(c2)=C(N2CCNCC2)CCN=3)nc2nc[nH]c12. The van der Waals surface area contributed by atoms with E-state index in [1.54, 1.807) is 6.33 Å². The van der Waals surface area contributed by atoms with Gasteiger partial charge in [0.1, 0.15) is 5.52 Å². The lowest BCUT2D eigenvalue weighted by atomic mass is 10.1.